The first-order chi connectivity index (χ1) is 12.5. The number of nitrogens with one attached hydrogen (secondary N) is 3. The molecule has 26 heavy (non-hydrogen) atoms. The molecule has 3 rings (SSSR count). The van der Waals surface area contributed by atoms with Gasteiger partial charge < -0.3 is 10.6 Å². The summed E-state index contributed by atoms with van der Waals surface area (Å²) in [7, 11) is 0. The molecule has 2 aromatic rings. The van der Waals surface area contributed by atoms with Crippen LogP contribution in [0.2, 0.25) is 5.02 Å². The van der Waals surface area contributed by atoms with Crippen LogP contribution in [0.15, 0.2) is 48.5 Å². The molecular weight excluding hydrogens is 354 g/mol. The molecule has 1 unspecified atom stereocenters. The Hall–Kier alpha value is -2.86. The Morgan fingerprint density at radius 1 is 1.00 bits per heavy atom. The van der Waals surface area contributed by atoms with Crippen molar-refractivity contribution in [1.29, 1.82) is 0 Å². The molecule has 6 nitrogen and oxygen atoms in total. The third kappa shape index (κ3) is 4.61. The molecule has 1 fully saturated rings. The Morgan fingerprint density at radius 3 is 2.19 bits per heavy atom. The minimum Gasteiger partial charge on any atom is -0.356 e. The summed E-state index contributed by atoms with van der Waals surface area (Å²) in [5.74, 6) is -0.743. The average molecular weight is 372 g/mol. The summed E-state index contributed by atoms with van der Waals surface area (Å²) in [6, 6.07) is 14.4. The predicted molar refractivity (Wildman–Crippen MR) is 98.7 cm³/mol. The molecule has 0 spiro atoms. The van der Waals surface area contributed by atoms with Gasteiger partial charge in [0.25, 0.3) is 5.91 Å². The van der Waals surface area contributed by atoms with E-state index in [1.54, 1.807) is 0 Å². The van der Waals surface area contributed by atoms with Crippen LogP contribution in [-0.2, 0) is 16.0 Å². The van der Waals surface area contributed by atoms with E-state index < -0.39 is 18.0 Å². The number of carbonyl (C=O) groups is 3. The molecule has 0 radical (unpaired) electrons. The molecular formula is C19H18ClN3O3. The van der Waals surface area contributed by atoms with Crippen LogP contribution in [0, 0.1) is 0 Å². The number of imide groups is 1. The molecule has 1 aliphatic heterocycles. The molecule has 0 aromatic heterocycles. The summed E-state index contributed by atoms with van der Waals surface area (Å²) in [4.78, 5) is 34.3. The fraction of sp³-hybridized carbons (Fsp3) is 0.211. The summed E-state index contributed by atoms with van der Waals surface area (Å²) in [6.45, 7) is 0.460. The van der Waals surface area contributed by atoms with Gasteiger partial charge in [-0.3, -0.25) is 14.9 Å². The van der Waals surface area contributed by atoms with Gasteiger partial charge in [-0.15, -0.1) is 0 Å². The molecule has 1 atom stereocenters. The largest absolute Gasteiger partial charge is 0.356 e. The second kappa shape index (κ2) is 8.01. The SMILES string of the molecule is O=C(CC1NC(=O)NC1=O)NCCc1ccc(-c2ccc(Cl)cc2)cc1. The monoisotopic (exact) mass is 371 g/mol. The zero-order chi connectivity index (χ0) is 18.5. The van der Waals surface area contributed by atoms with Gasteiger partial charge in [0.05, 0.1) is 6.42 Å². The zero-order valence-electron chi connectivity index (χ0n) is 13.9. The van der Waals surface area contributed by atoms with Crippen molar-refractivity contribution in [2.24, 2.45) is 0 Å². The molecule has 1 heterocycles. The first kappa shape index (κ1) is 17.9. The van der Waals surface area contributed by atoms with Gasteiger partial charge in [-0.1, -0.05) is 48.0 Å². The van der Waals surface area contributed by atoms with Gasteiger partial charge in [0, 0.05) is 11.6 Å². The lowest BCUT2D eigenvalue weighted by Crippen LogP contribution is -2.36. The molecule has 7 heteroatoms. The third-order valence-corrected chi connectivity index (χ3v) is 4.37. The van der Waals surface area contributed by atoms with Crippen molar-refractivity contribution in [2.45, 2.75) is 18.9 Å². The Bertz CT molecular complexity index is 819. The van der Waals surface area contributed by atoms with Gasteiger partial charge in [0.15, 0.2) is 0 Å². The molecule has 4 amide bonds. The van der Waals surface area contributed by atoms with E-state index in [1.165, 1.54) is 0 Å². The van der Waals surface area contributed by atoms with Crippen LogP contribution in [0.25, 0.3) is 11.1 Å². The Labute approximate surface area is 155 Å². The first-order valence-electron chi connectivity index (χ1n) is 8.24. The standard InChI is InChI=1S/C19H18ClN3O3/c20-15-7-5-14(6-8-15)13-3-1-12(2-4-13)9-10-21-17(24)11-16-18(25)23-19(26)22-16/h1-8,16H,9-11H2,(H,21,24)(H2,22,23,25,26). The van der Waals surface area contributed by atoms with Crippen molar-refractivity contribution in [2.75, 3.05) is 6.54 Å². The van der Waals surface area contributed by atoms with Crippen LogP contribution in [0.5, 0.6) is 0 Å². The highest BCUT2D eigenvalue weighted by atomic mass is 35.5. The van der Waals surface area contributed by atoms with Crippen molar-refractivity contribution in [1.82, 2.24) is 16.0 Å². The fourth-order valence-electron chi connectivity index (χ4n) is 2.71. The lowest BCUT2D eigenvalue weighted by molar-refractivity contribution is -0.126. The van der Waals surface area contributed by atoms with Gasteiger partial charge in [-0.05, 0) is 35.2 Å². The second-order valence-electron chi connectivity index (χ2n) is 6.02. The zero-order valence-corrected chi connectivity index (χ0v) is 14.7. The topological polar surface area (TPSA) is 87.3 Å². The summed E-state index contributed by atoms with van der Waals surface area (Å²) < 4.78 is 0. The van der Waals surface area contributed by atoms with E-state index in [1.807, 2.05) is 48.5 Å². The van der Waals surface area contributed by atoms with Crippen molar-refractivity contribution in [3.63, 3.8) is 0 Å². The molecule has 3 N–H and O–H groups in total. The lowest BCUT2D eigenvalue weighted by atomic mass is 10.0. The van der Waals surface area contributed by atoms with Crippen LogP contribution in [-0.4, -0.2) is 30.4 Å². The maximum absolute atomic E-state index is 11.9. The Kier molecular flexibility index (Phi) is 5.53. The van der Waals surface area contributed by atoms with E-state index in [4.69, 9.17) is 11.6 Å². The molecule has 1 aliphatic rings. The van der Waals surface area contributed by atoms with E-state index in [-0.39, 0.29) is 12.3 Å². The number of hydrogen-bond acceptors (Lipinski definition) is 3. The summed E-state index contributed by atoms with van der Waals surface area (Å²) >= 11 is 5.90. The van der Waals surface area contributed by atoms with Crippen molar-refractivity contribution < 1.29 is 14.4 Å². The van der Waals surface area contributed by atoms with Crippen molar-refractivity contribution in [3.05, 3.63) is 59.1 Å². The number of hydrogen-bond donors (Lipinski definition) is 3. The first-order valence-corrected chi connectivity index (χ1v) is 8.62. The normalized spacial score (nSPS) is 16.1. The third-order valence-electron chi connectivity index (χ3n) is 4.12. The summed E-state index contributed by atoms with van der Waals surface area (Å²) in [6.07, 6.45) is 0.614. The Morgan fingerprint density at radius 2 is 1.62 bits per heavy atom. The van der Waals surface area contributed by atoms with Crippen molar-refractivity contribution >= 4 is 29.4 Å². The van der Waals surface area contributed by atoms with E-state index in [2.05, 4.69) is 16.0 Å². The molecule has 0 saturated carbocycles. The minimum absolute atomic E-state index is 0.0624. The van der Waals surface area contributed by atoms with Gasteiger partial charge >= 0.3 is 6.03 Å². The van der Waals surface area contributed by atoms with Crippen LogP contribution < -0.4 is 16.0 Å². The van der Waals surface area contributed by atoms with E-state index in [9.17, 15) is 14.4 Å². The lowest BCUT2D eigenvalue weighted by Gasteiger charge is -2.09. The minimum atomic E-state index is -0.791. The predicted octanol–water partition coefficient (Wildman–Crippen LogP) is 2.26. The maximum Gasteiger partial charge on any atom is 0.322 e. The van der Waals surface area contributed by atoms with E-state index in [0.717, 1.165) is 16.7 Å². The van der Waals surface area contributed by atoms with Crippen LogP contribution in [0.4, 0.5) is 4.79 Å². The van der Waals surface area contributed by atoms with E-state index in [0.29, 0.717) is 18.0 Å². The number of amides is 4. The number of benzene rings is 2. The van der Waals surface area contributed by atoms with Gasteiger partial charge in [-0.2, -0.15) is 0 Å². The molecule has 1 saturated heterocycles. The number of urea groups is 1. The fourth-order valence-corrected chi connectivity index (χ4v) is 2.84. The van der Waals surface area contributed by atoms with Gasteiger partial charge in [-0.25, -0.2) is 4.79 Å². The van der Waals surface area contributed by atoms with E-state index >= 15 is 0 Å². The molecule has 2 aromatic carbocycles. The van der Waals surface area contributed by atoms with Crippen LogP contribution >= 0.6 is 11.6 Å². The van der Waals surface area contributed by atoms with Gasteiger partial charge in [0.1, 0.15) is 6.04 Å². The van der Waals surface area contributed by atoms with Crippen LogP contribution in [0.1, 0.15) is 12.0 Å². The molecule has 0 bridgehead atoms. The highest BCUT2D eigenvalue weighted by Gasteiger charge is 2.30. The molecule has 0 aliphatic carbocycles. The Balaban J connectivity index is 1.46. The molecule has 134 valence electrons. The van der Waals surface area contributed by atoms with Crippen molar-refractivity contribution in [3.8, 4) is 11.1 Å². The number of rotatable bonds is 6. The second-order valence-corrected chi connectivity index (χ2v) is 6.46. The van der Waals surface area contributed by atoms with Gasteiger partial charge in [0.2, 0.25) is 5.91 Å². The summed E-state index contributed by atoms with van der Waals surface area (Å²) in [5, 5.41) is 7.96. The number of halogens is 1. The maximum atomic E-state index is 11.9. The highest BCUT2D eigenvalue weighted by Crippen LogP contribution is 2.21. The quantitative estimate of drug-likeness (QED) is 0.681. The van der Waals surface area contributed by atoms with Crippen LogP contribution in [0.3, 0.4) is 0 Å². The highest BCUT2D eigenvalue weighted by molar-refractivity contribution is 6.30. The average Bonchev–Trinajstić information content (AvgIpc) is 2.93. The smallest absolute Gasteiger partial charge is 0.322 e. The number of carbonyl (C=O) groups excluding carboxylic acids is 3. The summed E-state index contributed by atoms with van der Waals surface area (Å²) in [5.41, 5.74) is 3.28.